The van der Waals surface area contributed by atoms with Crippen molar-refractivity contribution in [1.82, 2.24) is 0 Å². The van der Waals surface area contributed by atoms with Crippen LogP contribution < -0.4 is 0 Å². The summed E-state index contributed by atoms with van der Waals surface area (Å²) in [5.74, 6) is 2.25. The van der Waals surface area contributed by atoms with Crippen LogP contribution in [-0.2, 0) is 0 Å². The molecule has 0 bridgehead atoms. The summed E-state index contributed by atoms with van der Waals surface area (Å²) in [7, 11) is 0. The zero-order chi connectivity index (χ0) is 20.1. The van der Waals surface area contributed by atoms with E-state index in [1.807, 2.05) is 54.4 Å². The maximum atomic E-state index is 9.55. The summed E-state index contributed by atoms with van der Waals surface area (Å²) in [6.07, 6.45) is 0. The molecule has 2 aliphatic rings. The Morgan fingerprint density at radius 3 is 2.25 bits per heavy atom. The number of hydrazone groups is 1. The van der Waals surface area contributed by atoms with Crippen LogP contribution in [0.15, 0.2) is 59.3 Å². The molecule has 0 aromatic heterocycles. The first-order valence-corrected chi connectivity index (χ1v) is 9.58. The van der Waals surface area contributed by atoms with Crippen molar-refractivity contribution in [3.8, 4) is 6.07 Å². The second kappa shape index (κ2) is 6.72. The van der Waals surface area contributed by atoms with Gasteiger partial charge in [0.2, 0.25) is 5.71 Å². The lowest BCUT2D eigenvalue weighted by Gasteiger charge is -2.12. The smallest absolute Gasteiger partial charge is 0.335 e. The van der Waals surface area contributed by atoms with Gasteiger partial charge in [0.25, 0.3) is 0 Å². The molecule has 2 atom stereocenters. The minimum absolute atomic E-state index is 0.0735. The fraction of sp³-hybridized carbons (Fsp3) is 0.227. The topological polar surface area (TPSA) is 61.5 Å². The Balaban J connectivity index is 2.02. The Hall–Kier alpha value is -2.70. The van der Waals surface area contributed by atoms with Gasteiger partial charge in [0.15, 0.2) is 6.07 Å². The van der Waals surface area contributed by atoms with Crippen LogP contribution in [0.4, 0.5) is 0 Å². The highest BCUT2D eigenvalue weighted by molar-refractivity contribution is 6.31. The first kappa shape index (κ1) is 18.7. The highest BCUT2D eigenvalue weighted by Gasteiger charge is 2.68. The van der Waals surface area contributed by atoms with Crippen LogP contribution in [0.3, 0.4) is 0 Å². The third-order valence-electron chi connectivity index (χ3n) is 5.52. The van der Waals surface area contributed by atoms with Crippen LogP contribution in [0.25, 0.3) is 5.41 Å². The molecule has 0 radical (unpaired) electrons. The number of rotatable bonds is 3. The lowest BCUT2D eigenvalue weighted by molar-refractivity contribution is -0.476. The Kier molecular flexibility index (Phi) is 4.48. The van der Waals surface area contributed by atoms with Gasteiger partial charge >= 0.3 is 5.70 Å². The second-order valence-corrected chi connectivity index (χ2v) is 8.42. The van der Waals surface area contributed by atoms with E-state index in [4.69, 9.17) is 28.3 Å². The summed E-state index contributed by atoms with van der Waals surface area (Å²) in [6.45, 7) is 4.35. The molecule has 28 heavy (non-hydrogen) atoms. The zero-order valence-electron chi connectivity index (χ0n) is 15.3. The van der Waals surface area contributed by atoms with Crippen molar-refractivity contribution in [2.45, 2.75) is 13.8 Å². The van der Waals surface area contributed by atoms with Gasteiger partial charge in [-0.25, -0.2) is 0 Å². The van der Waals surface area contributed by atoms with E-state index >= 15 is 0 Å². The molecule has 1 aliphatic heterocycles. The van der Waals surface area contributed by atoms with Gasteiger partial charge in [0.1, 0.15) is 5.71 Å². The normalized spacial score (nSPS) is 21.9. The quantitative estimate of drug-likeness (QED) is 0.395. The molecule has 0 spiro atoms. The van der Waals surface area contributed by atoms with E-state index in [2.05, 4.69) is 13.8 Å². The van der Waals surface area contributed by atoms with Crippen LogP contribution in [0.2, 0.25) is 10.0 Å². The molecule has 0 saturated heterocycles. The second-order valence-electron chi connectivity index (χ2n) is 7.55. The summed E-state index contributed by atoms with van der Waals surface area (Å²) < 4.78 is 1.48. The standard InChI is InChI=1S/C22H16Cl2N4/c1-22(2)18-19(22)21(14-6-4-8-16(24)10-14)28(17(11-25)12-26)27-20(18)13-5-3-7-15(23)9-13/h3-10,18-19H,1-2H3. The van der Waals surface area contributed by atoms with Crippen LogP contribution in [-0.4, -0.2) is 22.0 Å². The first-order chi connectivity index (χ1) is 13.4. The summed E-state index contributed by atoms with van der Waals surface area (Å²) in [4.78, 5) is 0. The number of benzene rings is 2. The fourth-order valence-electron chi connectivity index (χ4n) is 4.14. The molecule has 138 valence electrons. The SMILES string of the molecule is CC1(C)C2C(c3cccc(Cl)c3)=N[N+](C(=C=[N-])C#N)=C(c3cccc(Cl)c3)C21. The monoisotopic (exact) mass is 406 g/mol. The van der Waals surface area contributed by atoms with E-state index in [0.29, 0.717) is 10.0 Å². The molecule has 2 aromatic rings. The summed E-state index contributed by atoms with van der Waals surface area (Å²) >= 11 is 12.4. The van der Waals surface area contributed by atoms with E-state index in [1.54, 1.807) is 6.07 Å². The minimum atomic E-state index is -0.0798. The summed E-state index contributed by atoms with van der Waals surface area (Å²) in [6, 6.07) is 16.9. The van der Waals surface area contributed by atoms with Crippen molar-refractivity contribution in [2.75, 3.05) is 0 Å². The Morgan fingerprint density at radius 2 is 1.68 bits per heavy atom. The van der Waals surface area contributed by atoms with Crippen molar-refractivity contribution in [3.63, 3.8) is 0 Å². The maximum absolute atomic E-state index is 9.55. The Labute approximate surface area is 173 Å². The number of allylic oxidation sites excluding steroid dienone is 1. The average molecular weight is 407 g/mol. The van der Waals surface area contributed by atoms with Gasteiger partial charge in [-0.3, -0.25) is 0 Å². The third kappa shape index (κ3) is 2.89. The van der Waals surface area contributed by atoms with Gasteiger partial charge < -0.3 is 5.41 Å². The van der Waals surface area contributed by atoms with Gasteiger partial charge in [0, 0.05) is 32.2 Å². The van der Waals surface area contributed by atoms with Crippen LogP contribution in [0.1, 0.15) is 25.0 Å². The molecule has 2 unspecified atom stereocenters. The van der Waals surface area contributed by atoms with Crippen molar-refractivity contribution < 1.29 is 4.68 Å². The largest absolute Gasteiger partial charge is 0.757 e. The van der Waals surface area contributed by atoms with E-state index in [0.717, 1.165) is 22.6 Å². The van der Waals surface area contributed by atoms with Crippen LogP contribution in [0, 0.1) is 28.6 Å². The molecule has 1 aliphatic carbocycles. The molecule has 4 nitrogen and oxygen atoms in total. The number of fused-ring (bicyclic) bond motifs is 1. The molecular weight excluding hydrogens is 391 g/mol. The maximum Gasteiger partial charge on any atom is 0.335 e. The minimum Gasteiger partial charge on any atom is -0.757 e. The molecule has 6 heteroatoms. The predicted molar refractivity (Wildman–Crippen MR) is 112 cm³/mol. The average Bonchev–Trinajstić information content (AvgIpc) is 3.24. The van der Waals surface area contributed by atoms with Gasteiger partial charge in [-0.05, 0) is 40.4 Å². The van der Waals surface area contributed by atoms with E-state index in [-0.39, 0.29) is 22.9 Å². The Morgan fingerprint density at radius 1 is 1.07 bits per heavy atom. The summed E-state index contributed by atoms with van der Waals surface area (Å²) in [5.41, 5.74) is 3.29. The highest BCUT2D eigenvalue weighted by Crippen LogP contribution is 2.62. The molecule has 0 amide bonds. The highest BCUT2D eigenvalue weighted by atomic mass is 35.5. The molecule has 2 aromatic carbocycles. The third-order valence-corrected chi connectivity index (χ3v) is 5.99. The molecule has 0 N–H and O–H groups in total. The lowest BCUT2D eigenvalue weighted by atomic mass is 9.98. The number of hydrogen-bond acceptors (Lipinski definition) is 2. The zero-order valence-corrected chi connectivity index (χ0v) is 16.8. The van der Waals surface area contributed by atoms with E-state index in [1.165, 1.54) is 4.68 Å². The first-order valence-electron chi connectivity index (χ1n) is 8.83. The number of halogens is 2. The molecular formula is C22H16Cl2N4. The van der Waals surface area contributed by atoms with E-state index in [9.17, 15) is 10.7 Å². The van der Waals surface area contributed by atoms with Crippen molar-refractivity contribution >= 4 is 40.5 Å². The molecule has 4 rings (SSSR count). The van der Waals surface area contributed by atoms with Gasteiger partial charge in [-0.15, -0.1) is 0 Å². The number of hydrogen-bond donors (Lipinski definition) is 0. The fourth-order valence-corrected chi connectivity index (χ4v) is 4.52. The van der Waals surface area contributed by atoms with E-state index < -0.39 is 0 Å². The predicted octanol–water partition coefficient (Wildman–Crippen LogP) is 5.13. The van der Waals surface area contributed by atoms with Crippen molar-refractivity contribution in [3.05, 3.63) is 80.8 Å². The molecule has 1 fully saturated rings. The van der Waals surface area contributed by atoms with Crippen molar-refractivity contribution in [1.29, 1.82) is 5.26 Å². The van der Waals surface area contributed by atoms with Gasteiger partial charge in [-0.1, -0.05) is 55.2 Å². The van der Waals surface area contributed by atoms with Gasteiger partial charge in [0.05, 0.1) is 5.92 Å². The number of nitriles is 1. The van der Waals surface area contributed by atoms with Gasteiger partial charge in [-0.2, -0.15) is 11.1 Å². The lowest BCUT2D eigenvalue weighted by Crippen LogP contribution is -2.28. The molecule has 1 heterocycles. The Bertz CT molecular complexity index is 1150. The van der Waals surface area contributed by atoms with Crippen molar-refractivity contribution in [2.24, 2.45) is 22.4 Å². The summed E-state index contributed by atoms with van der Waals surface area (Å²) in [5, 5.41) is 25.1. The van der Waals surface area contributed by atoms with Crippen LogP contribution >= 0.6 is 23.2 Å². The number of nitrogens with zero attached hydrogens (tertiary/aromatic N) is 4. The molecule has 1 saturated carbocycles. The van der Waals surface area contributed by atoms with Crippen LogP contribution in [0.5, 0.6) is 0 Å².